The van der Waals surface area contributed by atoms with Gasteiger partial charge in [0.25, 0.3) is 0 Å². The van der Waals surface area contributed by atoms with Gasteiger partial charge in [0.15, 0.2) is 17.2 Å². The summed E-state index contributed by atoms with van der Waals surface area (Å²) in [5.41, 5.74) is 12.1. The highest BCUT2D eigenvalue weighted by Crippen LogP contribution is 2.54. The Morgan fingerprint density at radius 2 is 1.31 bits per heavy atom. The Bertz CT molecular complexity index is 3630. The highest BCUT2D eigenvalue weighted by atomic mass is 16.5. The molecule has 9 aromatic rings. The Morgan fingerprint density at radius 1 is 0.621 bits per heavy atom. The average Bonchev–Trinajstić information content (AvgIpc) is 3.82. The van der Waals surface area contributed by atoms with Crippen LogP contribution in [0.5, 0.6) is 5.75 Å². The molecular weight excluding hydrogens is 707 g/mol. The lowest BCUT2D eigenvalue weighted by Gasteiger charge is -2.33. The fraction of sp³-hybridized carbons (Fsp3) is 0.111. The fourth-order valence-corrected chi connectivity index (χ4v) is 9.40. The molecule has 0 fully saturated rings. The third-order valence-corrected chi connectivity index (χ3v) is 12.0. The number of imidazole rings is 1. The minimum Gasteiger partial charge on any atom is -0.392 e. The van der Waals surface area contributed by atoms with Crippen LogP contribution in [-0.2, 0) is 11.3 Å². The van der Waals surface area contributed by atoms with Crippen LogP contribution >= 0.6 is 0 Å². The van der Waals surface area contributed by atoms with Crippen LogP contribution in [0.15, 0.2) is 176 Å². The summed E-state index contributed by atoms with van der Waals surface area (Å²) in [6.07, 6.45) is -0.341. The molecule has 3 aliphatic heterocycles. The van der Waals surface area contributed by atoms with Crippen LogP contribution in [0.4, 0.5) is 0 Å². The van der Waals surface area contributed by atoms with Crippen LogP contribution in [0, 0.1) is 6.92 Å². The predicted molar refractivity (Wildman–Crippen MR) is 233 cm³/mol. The molecule has 0 radical (unpaired) electrons. The third kappa shape index (κ3) is 4.40. The lowest BCUT2D eigenvalue weighted by atomic mass is 9.80. The number of nitrogens with zero attached hydrogens (tertiary/aromatic N) is 3. The van der Waals surface area contributed by atoms with Crippen LogP contribution in [-0.4, -0.2) is 4.57 Å². The normalized spacial score (nSPS) is 17.4. The van der Waals surface area contributed by atoms with Gasteiger partial charge in [0.1, 0.15) is 23.9 Å². The smallest absolute Gasteiger partial charge is 0.392 e. The molecule has 58 heavy (non-hydrogen) atoms. The van der Waals surface area contributed by atoms with E-state index in [1.165, 1.54) is 0 Å². The van der Waals surface area contributed by atoms with Gasteiger partial charge < -0.3 is 4.74 Å². The maximum absolute atomic E-state index is 10.1. The van der Waals surface area contributed by atoms with Crippen molar-refractivity contribution in [1.82, 2.24) is 4.57 Å². The molecule has 4 nitrogen and oxygen atoms in total. The summed E-state index contributed by atoms with van der Waals surface area (Å²) >= 11 is 0. The first-order valence-electron chi connectivity index (χ1n) is 23.6. The Balaban J connectivity index is 1.30. The van der Waals surface area contributed by atoms with E-state index in [-0.39, 0.29) is 34.5 Å². The summed E-state index contributed by atoms with van der Waals surface area (Å²) in [5.74, 6) is -0.395. The van der Waals surface area contributed by atoms with Crippen molar-refractivity contribution < 1.29 is 24.8 Å². The van der Waals surface area contributed by atoms with Crippen LogP contribution in [0.1, 0.15) is 48.4 Å². The van der Waals surface area contributed by atoms with E-state index in [0.717, 1.165) is 72.6 Å². The standard InChI is InChI=1S/C54H41N3O/c1-34-29-43(37-21-12-7-13-22-37)48(33-42(34)36-19-10-6-11-20-36)56-46-25-16-24-40-44-31-39(53(2,3)4)32-45-47-30-38(35-17-8-5-9-18-35)27-28-55(47)54(50(44)45)57(51(40)46)52(56)41-23-14-15-26-49(41)58-54/h5-33H,1-4H3/q+2/i5D,8D,9D,17D,18D,27D,28D,30D. The van der Waals surface area contributed by atoms with Gasteiger partial charge in [0.2, 0.25) is 5.69 Å². The molecule has 7 aromatic carbocycles. The zero-order chi connectivity index (χ0) is 45.9. The van der Waals surface area contributed by atoms with Gasteiger partial charge in [-0.2, -0.15) is 4.57 Å². The maximum atomic E-state index is 10.1. The molecule has 2 aromatic heterocycles. The highest BCUT2D eigenvalue weighted by Gasteiger charge is 2.68. The molecule has 0 saturated carbocycles. The second-order valence-electron chi connectivity index (χ2n) is 16.4. The SMILES string of the molecule is [2H]c1c([2H])c([2H])c(-c2c([2H])c([2H])[n+]3c(c2[2H])-c2cc(C(C)(C)C)cc4c2C32Oc3ccccc3-c3n(-c5cc(-c6ccccc6)c(C)cc5-c5ccccc5)c5cccc-4c5[n+]32)c([2H])c1[2H]. The highest BCUT2D eigenvalue weighted by molar-refractivity contribution is 5.99. The van der Waals surface area contributed by atoms with Gasteiger partial charge in [-0.15, -0.1) is 9.13 Å². The van der Waals surface area contributed by atoms with E-state index in [0.29, 0.717) is 16.9 Å². The lowest BCUT2D eigenvalue weighted by molar-refractivity contribution is -0.997. The summed E-state index contributed by atoms with van der Waals surface area (Å²) in [6, 6.07) is 40.1. The van der Waals surface area contributed by atoms with Gasteiger partial charge in [-0.1, -0.05) is 130 Å². The van der Waals surface area contributed by atoms with Crippen molar-refractivity contribution in [1.29, 1.82) is 0 Å². The first-order valence-corrected chi connectivity index (χ1v) is 19.6. The molecule has 0 bridgehead atoms. The molecule has 4 heteroatoms. The van der Waals surface area contributed by atoms with Crippen molar-refractivity contribution in [3.8, 4) is 78.6 Å². The van der Waals surface area contributed by atoms with Gasteiger partial charge in [-0.05, 0) is 99.8 Å². The summed E-state index contributed by atoms with van der Waals surface area (Å²) in [5, 5.41) is 0. The number of hydrogen-bond donors (Lipinski definition) is 0. The Hall–Kier alpha value is -7.04. The monoisotopic (exact) mass is 755 g/mol. The van der Waals surface area contributed by atoms with Crippen molar-refractivity contribution in [3.05, 3.63) is 193 Å². The zero-order valence-electron chi connectivity index (χ0n) is 40.4. The number of aromatic nitrogens is 3. The van der Waals surface area contributed by atoms with Gasteiger partial charge in [0, 0.05) is 28.8 Å². The van der Waals surface area contributed by atoms with Gasteiger partial charge in [0.05, 0.1) is 15.2 Å². The molecule has 1 spiro atoms. The molecule has 0 N–H and O–H groups in total. The molecule has 5 heterocycles. The molecule has 1 unspecified atom stereocenters. The second kappa shape index (κ2) is 11.7. The molecule has 0 amide bonds. The number of hydrogen-bond acceptors (Lipinski definition) is 1. The number of benzene rings is 7. The molecule has 0 saturated heterocycles. The molecule has 276 valence electrons. The maximum Gasteiger partial charge on any atom is 0.499 e. The minimum absolute atomic E-state index is 0.213. The van der Waals surface area contributed by atoms with Gasteiger partial charge >= 0.3 is 11.7 Å². The lowest BCUT2D eigenvalue weighted by Crippen LogP contribution is -2.78. The molecule has 12 rings (SSSR count). The average molecular weight is 756 g/mol. The fourth-order valence-electron chi connectivity index (χ4n) is 9.40. The quantitative estimate of drug-likeness (QED) is 0.164. The first kappa shape index (κ1) is 26.0. The molecular formula is C54H41N3O+2. The largest absolute Gasteiger partial charge is 0.499 e. The minimum atomic E-state index is -1.70. The zero-order valence-corrected chi connectivity index (χ0v) is 32.4. The predicted octanol–water partition coefficient (Wildman–Crippen LogP) is 12.0. The molecule has 0 aliphatic carbocycles. The topological polar surface area (TPSA) is 21.9 Å². The van der Waals surface area contributed by atoms with Crippen LogP contribution in [0.25, 0.3) is 83.9 Å². The molecule has 3 aliphatic rings. The van der Waals surface area contributed by atoms with Gasteiger partial charge in [-0.3, -0.25) is 0 Å². The number of para-hydroxylation sites is 2. The number of pyridine rings is 1. The Kier molecular flexibility index (Phi) is 5.26. The third-order valence-electron chi connectivity index (χ3n) is 12.0. The first-order chi connectivity index (χ1) is 31.6. The van der Waals surface area contributed by atoms with E-state index in [1.807, 2.05) is 66.7 Å². The van der Waals surface area contributed by atoms with E-state index in [2.05, 4.69) is 97.5 Å². The Morgan fingerprint density at radius 3 is 2.07 bits per heavy atom. The van der Waals surface area contributed by atoms with Crippen molar-refractivity contribution in [2.45, 2.75) is 39.0 Å². The molecule has 1 atom stereocenters. The van der Waals surface area contributed by atoms with Crippen molar-refractivity contribution in [3.63, 3.8) is 0 Å². The van der Waals surface area contributed by atoms with E-state index in [9.17, 15) is 4.11 Å². The van der Waals surface area contributed by atoms with Crippen LogP contribution in [0.3, 0.4) is 0 Å². The van der Waals surface area contributed by atoms with Crippen LogP contribution in [0.2, 0.25) is 0 Å². The number of aryl methyl sites for hydroxylation is 1. The van der Waals surface area contributed by atoms with Crippen molar-refractivity contribution in [2.24, 2.45) is 0 Å². The summed E-state index contributed by atoms with van der Waals surface area (Å²) in [7, 11) is 0. The summed E-state index contributed by atoms with van der Waals surface area (Å²) in [6.45, 7) is 8.52. The summed E-state index contributed by atoms with van der Waals surface area (Å²) in [4.78, 5) is 0. The van der Waals surface area contributed by atoms with Crippen molar-refractivity contribution in [2.75, 3.05) is 0 Å². The van der Waals surface area contributed by atoms with E-state index >= 15 is 0 Å². The van der Waals surface area contributed by atoms with Gasteiger partial charge in [-0.25, -0.2) is 0 Å². The van der Waals surface area contributed by atoms with E-state index in [1.54, 1.807) is 4.57 Å². The van der Waals surface area contributed by atoms with Crippen molar-refractivity contribution >= 4 is 11.0 Å². The number of fused-ring (bicyclic) bond motifs is 5. The number of ether oxygens (including phenoxy) is 1. The van der Waals surface area contributed by atoms with E-state index < -0.39 is 42.1 Å². The van der Waals surface area contributed by atoms with Crippen LogP contribution < -0.4 is 13.9 Å². The second-order valence-corrected chi connectivity index (χ2v) is 16.4. The Labute approximate surface area is 349 Å². The number of rotatable bonds is 4. The summed E-state index contributed by atoms with van der Waals surface area (Å²) < 4.78 is 87.0. The van der Waals surface area contributed by atoms with E-state index in [4.69, 9.17) is 11.6 Å².